The molecule has 5 heteroatoms. The van der Waals surface area contributed by atoms with Crippen LogP contribution in [0.4, 0.5) is 5.69 Å². The molecule has 1 unspecified atom stereocenters. The van der Waals surface area contributed by atoms with E-state index in [1.54, 1.807) is 14.2 Å². The lowest BCUT2D eigenvalue weighted by Gasteiger charge is -2.20. The van der Waals surface area contributed by atoms with E-state index in [4.69, 9.17) is 9.47 Å². The number of nitrogens with one attached hydrogen (secondary N) is 1. The van der Waals surface area contributed by atoms with Crippen LogP contribution in [0.1, 0.15) is 17.3 Å². The van der Waals surface area contributed by atoms with Crippen molar-refractivity contribution in [3.63, 3.8) is 0 Å². The fraction of sp³-hybridized carbons (Fsp3) is 0.250. The first-order chi connectivity index (χ1) is 12.2. The molecule has 3 aromatic rings. The summed E-state index contributed by atoms with van der Waals surface area (Å²) in [5, 5.41) is 14.3. The number of rotatable bonds is 6. The molecule has 2 N–H and O–H groups in total. The first-order valence-corrected chi connectivity index (χ1v) is 8.12. The van der Waals surface area contributed by atoms with Gasteiger partial charge in [-0.25, -0.2) is 4.98 Å². The van der Waals surface area contributed by atoms with Crippen molar-refractivity contribution >= 4 is 16.6 Å². The van der Waals surface area contributed by atoms with E-state index < -0.39 is 0 Å². The summed E-state index contributed by atoms with van der Waals surface area (Å²) in [6.45, 7) is 1.90. The van der Waals surface area contributed by atoms with Crippen LogP contribution in [0.2, 0.25) is 0 Å². The molecule has 0 amide bonds. The second-order valence-corrected chi connectivity index (χ2v) is 5.82. The van der Waals surface area contributed by atoms with E-state index in [2.05, 4.69) is 10.3 Å². The minimum Gasteiger partial charge on any atom is -0.497 e. The monoisotopic (exact) mass is 338 g/mol. The van der Waals surface area contributed by atoms with Gasteiger partial charge < -0.3 is 19.9 Å². The van der Waals surface area contributed by atoms with Gasteiger partial charge in [0.1, 0.15) is 17.0 Å². The highest BCUT2D eigenvalue weighted by atomic mass is 16.5. The van der Waals surface area contributed by atoms with Crippen molar-refractivity contribution in [2.45, 2.75) is 13.0 Å². The summed E-state index contributed by atoms with van der Waals surface area (Å²) in [5.41, 5.74) is 3.53. The van der Waals surface area contributed by atoms with Gasteiger partial charge in [0.2, 0.25) is 0 Å². The van der Waals surface area contributed by atoms with E-state index >= 15 is 0 Å². The highest BCUT2D eigenvalue weighted by Gasteiger charge is 2.15. The van der Waals surface area contributed by atoms with Gasteiger partial charge >= 0.3 is 0 Å². The molecular weight excluding hydrogens is 316 g/mol. The van der Waals surface area contributed by atoms with Gasteiger partial charge in [-0.3, -0.25) is 0 Å². The molecule has 1 aromatic heterocycles. The number of hydrogen-bond donors (Lipinski definition) is 2. The fourth-order valence-corrected chi connectivity index (χ4v) is 2.91. The minimum absolute atomic E-state index is 0.0417. The number of aryl methyl sites for hydroxylation is 1. The molecule has 1 heterocycles. The van der Waals surface area contributed by atoms with Gasteiger partial charge in [0.25, 0.3) is 0 Å². The van der Waals surface area contributed by atoms with Crippen molar-refractivity contribution in [2.75, 3.05) is 26.1 Å². The van der Waals surface area contributed by atoms with Gasteiger partial charge in [-0.2, -0.15) is 0 Å². The lowest BCUT2D eigenvalue weighted by molar-refractivity contribution is 0.276. The SMILES string of the molecule is COc1cccc(C(CO)Nc2cc(C)nc3c(OC)cccc23)c1. The van der Waals surface area contributed by atoms with Crippen LogP contribution >= 0.6 is 0 Å². The van der Waals surface area contributed by atoms with Crippen LogP contribution in [-0.2, 0) is 0 Å². The van der Waals surface area contributed by atoms with Crippen LogP contribution in [0.25, 0.3) is 10.9 Å². The Kier molecular flexibility index (Phi) is 5.05. The third-order valence-corrected chi connectivity index (χ3v) is 4.16. The Bertz CT molecular complexity index is 880. The number of pyridine rings is 1. The summed E-state index contributed by atoms with van der Waals surface area (Å²) in [6.07, 6.45) is 0. The Hall–Kier alpha value is -2.79. The van der Waals surface area contributed by atoms with E-state index in [9.17, 15) is 5.11 Å². The molecule has 0 aliphatic carbocycles. The number of nitrogens with zero attached hydrogens (tertiary/aromatic N) is 1. The number of aliphatic hydroxyl groups is 1. The third kappa shape index (κ3) is 3.51. The summed E-state index contributed by atoms with van der Waals surface area (Å²) >= 11 is 0. The summed E-state index contributed by atoms with van der Waals surface area (Å²) < 4.78 is 10.7. The maximum atomic E-state index is 9.90. The van der Waals surface area contributed by atoms with Crippen LogP contribution in [0, 0.1) is 6.92 Å². The number of fused-ring (bicyclic) bond motifs is 1. The number of aliphatic hydroxyl groups excluding tert-OH is 1. The van der Waals surface area contributed by atoms with Gasteiger partial charge in [0, 0.05) is 16.8 Å². The van der Waals surface area contributed by atoms with Gasteiger partial charge in [-0.1, -0.05) is 24.3 Å². The van der Waals surface area contributed by atoms with E-state index in [1.807, 2.05) is 55.5 Å². The molecule has 0 radical (unpaired) electrons. The standard InChI is InChI=1S/C20H22N2O3/c1-13-10-17(16-8-5-9-19(25-3)20(16)21-13)22-18(12-23)14-6-4-7-15(11-14)24-2/h4-11,18,23H,12H2,1-3H3,(H,21,22). The molecule has 0 fully saturated rings. The predicted molar refractivity (Wildman–Crippen MR) is 99.5 cm³/mol. The highest BCUT2D eigenvalue weighted by Crippen LogP contribution is 2.32. The molecule has 0 saturated heterocycles. The predicted octanol–water partition coefficient (Wildman–Crippen LogP) is 3.71. The Labute approximate surface area is 147 Å². The maximum Gasteiger partial charge on any atom is 0.145 e. The Morgan fingerprint density at radius 1 is 1.08 bits per heavy atom. The molecule has 0 saturated carbocycles. The number of benzene rings is 2. The zero-order valence-electron chi connectivity index (χ0n) is 14.6. The first-order valence-electron chi connectivity index (χ1n) is 8.12. The third-order valence-electron chi connectivity index (χ3n) is 4.16. The van der Waals surface area contributed by atoms with Crippen molar-refractivity contribution < 1.29 is 14.6 Å². The number of ether oxygens (including phenoxy) is 2. The molecule has 0 aliphatic heterocycles. The normalized spacial score (nSPS) is 12.0. The van der Waals surface area contributed by atoms with Gasteiger partial charge in [0.05, 0.1) is 26.9 Å². The van der Waals surface area contributed by atoms with E-state index in [0.717, 1.165) is 39.3 Å². The summed E-state index contributed by atoms with van der Waals surface area (Å²) in [7, 11) is 3.27. The highest BCUT2D eigenvalue weighted by molar-refractivity contribution is 5.95. The molecule has 25 heavy (non-hydrogen) atoms. The van der Waals surface area contributed by atoms with Crippen LogP contribution in [0.15, 0.2) is 48.5 Å². The largest absolute Gasteiger partial charge is 0.497 e. The first kappa shape index (κ1) is 17.0. The number of aromatic nitrogens is 1. The van der Waals surface area contributed by atoms with E-state index in [-0.39, 0.29) is 12.6 Å². The Morgan fingerprint density at radius 3 is 2.60 bits per heavy atom. The van der Waals surface area contributed by atoms with Crippen molar-refractivity contribution in [1.29, 1.82) is 0 Å². The summed E-state index contributed by atoms with van der Waals surface area (Å²) in [4.78, 5) is 4.59. The van der Waals surface area contributed by atoms with Crippen LogP contribution in [0.3, 0.4) is 0 Å². The number of anilines is 1. The molecule has 3 rings (SSSR count). The van der Waals surface area contributed by atoms with Crippen LogP contribution in [-0.4, -0.2) is 30.9 Å². The number of para-hydroxylation sites is 1. The van der Waals surface area contributed by atoms with Gasteiger partial charge in [-0.05, 0) is 36.8 Å². The average molecular weight is 338 g/mol. The van der Waals surface area contributed by atoms with Gasteiger partial charge in [-0.15, -0.1) is 0 Å². The lowest BCUT2D eigenvalue weighted by Crippen LogP contribution is -2.15. The Balaban J connectivity index is 2.03. The molecule has 1 atom stereocenters. The molecule has 130 valence electrons. The van der Waals surface area contributed by atoms with Crippen LogP contribution < -0.4 is 14.8 Å². The number of methoxy groups -OCH3 is 2. The summed E-state index contributed by atoms with van der Waals surface area (Å²) in [5.74, 6) is 1.49. The quantitative estimate of drug-likeness (QED) is 0.717. The van der Waals surface area contributed by atoms with E-state index in [1.165, 1.54) is 0 Å². The van der Waals surface area contributed by atoms with Crippen LogP contribution in [0.5, 0.6) is 11.5 Å². The second kappa shape index (κ2) is 7.40. The lowest BCUT2D eigenvalue weighted by atomic mass is 10.1. The molecular formula is C20H22N2O3. The molecule has 2 aromatic carbocycles. The number of hydrogen-bond acceptors (Lipinski definition) is 5. The molecule has 0 aliphatic rings. The topological polar surface area (TPSA) is 63.6 Å². The van der Waals surface area contributed by atoms with Crippen molar-refractivity contribution in [3.05, 3.63) is 59.8 Å². The second-order valence-electron chi connectivity index (χ2n) is 5.82. The van der Waals surface area contributed by atoms with Crippen molar-refractivity contribution in [1.82, 2.24) is 4.98 Å². The minimum atomic E-state index is -0.258. The zero-order valence-corrected chi connectivity index (χ0v) is 14.6. The Morgan fingerprint density at radius 2 is 1.88 bits per heavy atom. The molecule has 0 spiro atoms. The molecule has 0 bridgehead atoms. The van der Waals surface area contributed by atoms with E-state index in [0.29, 0.717) is 0 Å². The maximum absolute atomic E-state index is 9.90. The molecule has 5 nitrogen and oxygen atoms in total. The smallest absolute Gasteiger partial charge is 0.145 e. The van der Waals surface area contributed by atoms with Crippen molar-refractivity contribution in [2.24, 2.45) is 0 Å². The zero-order chi connectivity index (χ0) is 17.8. The fourth-order valence-electron chi connectivity index (χ4n) is 2.91. The van der Waals surface area contributed by atoms with Crippen molar-refractivity contribution in [3.8, 4) is 11.5 Å². The average Bonchev–Trinajstić information content (AvgIpc) is 2.65. The van der Waals surface area contributed by atoms with Gasteiger partial charge in [0.15, 0.2) is 0 Å². The summed E-state index contributed by atoms with van der Waals surface area (Å²) in [6, 6.07) is 15.2.